The van der Waals surface area contributed by atoms with Crippen molar-refractivity contribution in [2.45, 2.75) is 12.5 Å². The zero-order valence-corrected chi connectivity index (χ0v) is 8.87. The summed E-state index contributed by atoms with van der Waals surface area (Å²) >= 11 is 0. The molecule has 3 heteroatoms. The number of halogens is 1. The minimum Gasteiger partial charge on any atom is -0.380 e. The third-order valence-electron chi connectivity index (χ3n) is 2.97. The van der Waals surface area contributed by atoms with Crippen LogP contribution < -0.4 is 5.32 Å². The molecule has 0 radical (unpaired) electrons. The summed E-state index contributed by atoms with van der Waals surface area (Å²) in [4.78, 5) is 0. The number of nitrogens with one attached hydrogen (secondary N) is 1. The monoisotopic (exact) mass is 209 g/mol. The Labute approximate surface area is 89.4 Å². The van der Waals surface area contributed by atoms with Gasteiger partial charge in [0.25, 0.3) is 0 Å². The number of hydrogen-bond donors (Lipinski definition) is 1. The van der Waals surface area contributed by atoms with Crippen molar-refractivity contribution in [1.82, 2.24) is 5.32 Å². The molecule has 0 aliphatic carbocycles. The second-order valence-corrected chi connectivity index (χ2v) is 4.03. The highest BCUT2D eigenvalue weighted by Crippen LogP contribution is 2.18. The Morgan fingerprint density at radius 2 is 2.33 bits per heavy atom. The second-order valence-electron chi connectivity index (χ2n) is 4.03. The Bertz CT molecular complexity index is 329. The molecule has 1 aliphatic heterocycles. The summed E-state index contributed by atoms with van der Waals surface area (Å²) in [7, 11) is 1.73. The highest BCUT2D eigenvalue weighted by atomic mass is 19.1. The first-order chi connectivity index (χ1) is 7.29. The lowest BCUT2D eigenvalue weighted by Crippen LogP contribution is -2.22. The van der Waals surface area contributed by atoms with Crippen LogP contribution in [0.3, 0.4) is 0 Å². The van der Waals surface area contributed by atoms with Crippen molar-refractivity contribution in [3.05, 3.63) is 35.6 Å². The highest BCUT2D eigenvalue weighted by molar-refractivity contribution is 5.17. The molecule has 82 valence electrons. The lowest BCUT2D eigenvalue weighted by atomic mass is 9.96. The molecule has 0 spiro atoms. The molecule has 2 atom stereocenters. The number of benzene rings is 1. The molecular weight excluding hydrogens is 193 g/mol. The SMILES string of the molecule is COC1CNCC1Cc1cccc(F)c1. The van der Waals surface area contributed by atoms with E-state index in [0.29, 0.717) is 5.92 Å². The molecule has 0 saturated carbocycles. The highest BCUT2D eigenvalue weighted by Gasteiger charge is 2.26. The zero-order chi connectivity index (χ0) is 10.7. The fourth-order valence-electron chi connectivity index (χ4n) is 2.16. The lowest BCUT2D eigenvalue weighted by Gasteiger charge is -2.16. The molecule has 0 aromatic heterocycles. The average molecular weight is 209 g/mol. The maximum absolute atomic E-state index is 13.0. The largest absolute Gasteiger partial charge is 0.380 e. The molecule has 15 heavy (non-hydrogen) atoms. The molecule has 2 unspecified atom stereocenters. The van der Waals surface area contributed by atoms with E-state index in [-0.39, 0.29) is 11.9 Å². The van der Waals surface area contributed by atoms with Crippen LogP contribution in [-0.4, -0.2) is 26.3 Å². The van der Waals surface area contributed by atoms with Gasteiger partial charge in [0.15, 0.2) is 0 Å². The van der Waals surface area contributed by atoms with Gasteiger partial charge in [0, 0.05) is 26.1 Å². The Morgan fingerprint density at radius 1 is 1.47 bits per heavy atom. The summed E-state index contributed by atoms with van der Waals surface area (Å²) in [5.41, 5.74) is 1.05. The van der Waals surface area contributed by atoms with Gasteiger partial charge in [0.05, 0.1) is 6.10 Å². The molecule has 2 nitrogen and oxygen atoms in total. The number of rotatable bonds is 3. The number of hydrogen-bond acceptors (Lipinski definition) is 2. The maximum Gasteiger partial charge on any atom is 0.123 e. The fourth-order valence-corrected chi connectivity index (χ4v) is 2.16. The van der Waals surface area contributed by atoms with Gasteiger partial charge in [0.1, 0.15) is 5.82 Å². The van der Waals surface area contributed by atoms with E-state index < -0.39 is 0 Å². The van der Waals surface area contributed by atoms with E-state index in [2.05, 4.69) is 5.32 Å². The summed E-state index contributed by atoms with van der Waals surface area (Å²) in [6.45, 7) is 1.85. The van der Waals surface area contributed by atoms with Crippen molar-refractivity contribution >= 4 is 0 Å². The van der Waals surface area contributed by atoms with Crippen LogP contribution in [0.25, 0.3) is 0 Å². The van der Waals surface area contributed by atoms with Gasteiger partial charge >= 0.3 is 0 Å². The summed E-state index contributed by atoms with van der Waals surface area (Å²) in [6, 6.07) is 6.80. The van der Waals surface area contributed by atoms with E-state index in [1.807, 2.05) is 6.07 Å². The van der Waals surface area contributed by atoms with Gasteiger partial charge in [-0.3, -0.25) is 0 Å². The first-order valence-corrected chi connectivity index (χ1v) is 5.27. The van der Waals surface area contributed by atoms with E-state index in [1.54, 1.807) is 19.2 Å². The number of methoxy groups -OCH3 is 1. The summed E-state index contributed by atoms with van der Waals surface area (Å²) in [6.07, 6.45) is 1.14. The Kier molecular flexibility index (Phi) is 3.34. The van der Waals surface area contributed by atoms with Gasteiger partial charge < -0.3 is 10.1 Å². The van der Waals surface area contributed by atoms with Crippen molar-refractivity contribution in [2.75, 3.05) is 20.2 Å². The minimum absolute atomic E-state index is 0.160. The molecule has 0 amide bonds. The van der Waals surface area contributed by atoms with Gasteiger partial charge in [-0.25, -0.2) is 4.39 Å². The first-order valence-electron chi connectivity index (χ1n) is 5.27. The van der Waals surface area contributed by atoms with Gasteiger partial charge in [-0.2, -0.15) is 0 Å². The normalized spacial score (nSPS) is 25.7. The van der Waals surface area contributed by atoms with Gasteiger partial charge in [0.2, 0.25) is 0 Å². The van der Waals surface area contributed by atoms with Gasteiger partial charge in [-0.15, -0.1) is 0 Å². The number of ether oxygens (including phenoxy) is 1. The molecule has 0 bridgehead atoms. The van der Waals surface area contributed by atoms with E-state index in [1.165, 1.54) is 6.07 Å². The van der Waals surface area contributed by atoms with E-state index in [0.717, 1.165) is 25.1 Å². The van der Waals surface area contributed by atoms with Gasteiger partial charge in [-0.1, -0.05) is 12.1 Å². The average Bonchev–Trinajstić information content (AvgIpc) is 2.65. The maximum atomic E-state index is 13.0. The van der Waals surface area contributed by atoms with E-state index in [9.17, 15) is 4.39 Å². The van der Waals surface area contributed by atoms with E-state index >= 15 is 0 Å². The molecule has 1 aliphatic rings. The van der Waals surface area contributed by atoms with Crippen LogP contribution in [0.5, 0.6) is 0 Å². The van der Waals surface area contributed by atoms with Crippen LogP contribution in [0.4, 0.5) is 4.39 Å². The molecule has 1 N–H and O–H groups in total. The predicted octanol–water partition coefficient (Wildman–Crippen LogP) is 1.60. The Balaban J connectivity index is 2.02. The summed E-state index contributed by atoms with van der Waals surface area (Å²) < 4.78 is 18.3. The Hall–Kier alpha value is -0.930. The molecule has 2 rings (SSSR count). The molecule has 1 aromatic carbocycles. The Morgan fingerprint density at radius 3 is 3.07 bits per heavy atom. The molecule has 1 heterocycles. The fraction of sp³-hybridized carbons (Fsp3) is 0.500. The van der Waals surface area contributed by atoms with Crippen LogP contribution in [0.1, 0.15) is 5.56 Å². The second kappa shape index (κ2) is 4.73. The van der Waals surface area contributed by atoms with Crippen molar-refractivity contribution in [3.8, 4) is 0 Å². The summed E-state index contributed by atoms with van der Waals surface area (Å²) in [5, 5.41) is 3.29. The standard InChI is InChI=1S/C12H16FNO/c1-15-12-8-14-7-10(12)5-9-3-2-4-11(13)6-9/h2-4,6,10,12,14H,5,7-8H2,1H3. The van der Waals surface area contributed by atoms with Crippen molar-refractivity contribution in [1.29, 1.82) is 0 Å². The first kappa shape index (κ1) is 10.6. The van der Waals surface area contributed by atoms with E-state index in [4.69, 9.17) is 4.74 Å². The van der Waals surface area contributed by atoms with Crippen molar-refractivity contribution in [2.24, 2.45) is 5.92 Å². The molecule has 1 saturated heterocycles. The van der Waals surface area contributed by atoms with Crippen molar-refractivity contribution < 1.29 is 9.13 Å². The predicted molar refractivity (Wildman–Crippen MR) is 57.3 cm³/mol. The molecular formula is C12H16FNO. The van der Waals surface area contributed by atoms with Crippen LogP contribution in [0.15, 0.2) is 24.3 Å². The topological polar surface area (TPSA) is 21.3 Å². The van der Waals surface area contributed by atoms with Gasteiger partial charge in [-0.05, 0) is 24.1 Å². The third-order valence-corrected chi connectivity index (χ3v) is 2.97. The van der Waals surface area contributed by atoms with Crippen LogP contribution in [-0.2, 0) is 11.2 Å². The summed E-state index contributed by atoms with van der Waals surface area (Å²) in [5.74, 6) is 0.296. The minimum atomic E-state index is -0.160. The van der Waals surface area contributed by atoms with Crippen LogP contribution in [0.2, 0.25) is 0 Å². The third kappa shape index (κ3) is 2.55. The van der Waals surface area contributed by atoms with Crippen LogP contribution in [0, 0.1) is 11.7 Å². The molecule has 1 fully saturated rings. The molecule has 1 aromatic rings. The van der Waals surface area contributed by atoms with Crippen molar-refractivity contribution in [3.63, 3.8) is 0 Å². The lowest BCUT2D eigenvalue weighted by molar-refractivity contribution is 0.0832. The van der Waals surface area contributed by atoms with Crippen LogP contribution >= 0.6 is 0 Å². The smallest absolute Gasteiger partial charge is 0.123 e. The quantitative estimate of drug-likeness (QED) is 0.816. The zero-order valence-electron chi connectivity index (χ0n) is 8.87.